The van der Waals surface area contributed by atoms with Crippen molar-refractivity contribution in [2.75, 3.05) is 6.54 Å². The van der Waals surface area contributed by atoms with Crippen LogP contribution < -0.4 is 5.32 Å². The normalized spacial score (nSPS) is 13.4. The molecule has 0 aromatic carbocycles. The van der Waals surface area contributed by atoms with Crippen molar-refractivity contribution in [2.24, 2.45) is 17.8 Å². The summed E-state index contributed by atoms with van der Waals surface area (Å²) in [5.41, 5.74) is 0. The van der Waals surface area contributed by atoms with Gasteiger partial charge in [0, 0.05) is 12.5 Å². The van der Waals surface area contributed by atoms with Crippen molar-refractivity contribution in [2.45, 2.75) is 47.5 Å². The van der Waals surface area contributed by atoms with Gasteiger partial charge < -0.3 is 5.32 Å². The topological polar surface area (TPSA) is 29.1 Å². The SMILES string of the molecule is CC(C)CCC(C)CNC(=O)C(C)C. The van der Waals surface area contributed by atoms with Gasteiger partial charge in [-0.05, 0) is 18.3 Å². The van der Waals surface area contributed by atoms with Gasteiger partial charge in [-0.2, -0.15) is 0 Å². The van der Waals surface area contributed by atoms with Gasteiger partial charge in [0.15, 0.2) is 0 Å². The maximum atomic E-state index is 11.3. The molecule has 0 rings (SSSR count). The molecule has 0 aliphatic rings. The van der Waals surface area contributed by atoms with Crippen LogP contribution in [-0.4, -0.2) is 12.5 Å². The highest BCUT2D eigenvalue weighted by atomic mass is 16.1. The van der Waals surface area contributed by atoms with E-state index in [0.29, 0.717) is 5.92 Å². The lowest BCUT2D eigenvalue weighted by Crippen LogP contribution is -2.31. The molecule has 0 radical (unpaired) electrons. The van der Waals surface area contributed by atoms with E-state index < -0.39 is 0 Å². The van der Waals surface area contributed by atoms with Gasteiger partial charge in [-0.3, -0.25) is 4.79 Å². The van der Waals surface area contributed by atoms with Gasteiger partial charge in [0.2, 0.25) is 5.91 Å². The lowest BCUT2D eigenvalue weighted by Gasteiger charge is -2.14. The Bertz CT molecular complexity index is 164. The van der Waals surface area contributed by atoms with Crippen LogP contribution in [0.15, 0.2) is 0 Å². The van der Waals surface area contributed by atoms with Crippen LogP contribution in [0.1, 0.15) is 47.5 Å². The maximum Gasteiger partial charge on any atom is 0.222 e. The van der Waals surface area contributed by atoms with Crippen LogP contribution in [0, 0.1) is 17.8 Å². The second-order valence-electron chi connectivity index (χ2n) is 4.98. The van der Waals surface area contributed by atoms with Gasteiger partial charge in [-0.15, -0.1) is 0 Å². The molecule has 2 heteroatoms. The van der Waals surface area contributed by atoms with Gasteiger partial charge in [0.1, 0.15) is 0 Å². The Labute approximate surface area is 88.5 Å². The molecule has 0 heterocycles. The zero-order chi connectivity index (χ0) is 11.1. The second-order valence-corrected chi connectivity index (χ2v) is 4.98. The molecule has 84 valence electrons. The fraction of sp³-hybridized carbons (Fsp3) is 0.917. The summed E-state index contributed by atoms with van der Waals surface area (Å²) in [6.45, 7) is 11.3. The highest BCUT2D eigenvalue weighted by Gasteiger charge is 2.08. The van der Waals surface area contributed by atoms with Gasteiger partial charge in [0.05, 0.1) is 0 Å². The van der Waals surface area contributed by atoms with Crippen molar-refractivity contribution in [1.29, 1.82) is 0 Å². The summed E-state index contributed by atoms with van der Waals surface area (Å²) in [4.78, 5) is 11.3. The standard InChI is InChI=1S/C12H25NO/c1-9(2)6-7-11(5)8-13-12(14)10(3)4/h9-11H,6-8H2,1-5H3,(H,13,14). The zero-order valence-electron chi connectivity index (χ0n) is 10.3. The van der Waals surface area contributed by atoms with E-state index in [-0.39, 0.29) is 11.8 Å². The van der Waals surface area contributed by atoms with E-state index >= 15 is 0 Å². The first-order chi connectivity index (χ1) is 6.43. The van der Waals surface area contributed by atoms with E-state index in [4.69, 9.17) is 0 Å². The summed E-state index contributed by atoms with van der Waals surface area (Å²) < 4.78 is 0. The molecule has 1 N–H and O–H groups in total. The fourth-order valence-electron chi connectivity index (χ4n) is 1.20. The predicted octanol–water partition coefficient (Wildman–Crippen LogP) is 2.83. The molecule has 1 atom stereocenters. The van der Waals surface area contributed by atoms with Crippen molar-refractivity contribution >= 4 is 5.91 Å². The third-order valence-electron chi connectivity index (χ3n) is 2.39. The van der Waals surface area contributed by atoms with Gasteiger partial charge in [0.25, 0.3) is 0 Å². The number of hydrogen-bond donors (Lipinski definition) is 1. The Hall–Kier alpha value is -0.530. The number of rotatable bonds is 6. The highest BCUT2D eigenvalue weighted by Crippen LogP contribution is 2.10. The summed E-state index contributed by atoms with van der Waals surface area (Å²) in [5, 5.41) is 2.97. The Morgan fingerprint density at radius 3 is 2.07 bits per heavy atom. The monoisotopic (exact) mass is 199 g/mol. The van der Waals surface area contributed by atoms with Crippen molar-refractivity contribution in [3.05, 3.63) is 0 Å². The summed E-state index contributed by atoms with van der Waals surface area (Å²) in [6, 6.07) is 0. The van der Waals surface area contributed by atoms with Gasteiger partial charge in [-0.25, -0.2) is 0 Å². The minimum atomic E-state index is 0.104. The largest absolute Gasteiger partial charge is 0.356 e. The predicted molar refractivity (Wildman–Crippen MR) is 61.1 cm³/mol. The number of amides is 1. The Morgan fingerprint density at radius 2 is 1.64 bits per heavy atom. The summed E-state index contributed by atoms with van der Waals surface area (Å²) >= 11 is 0. The van der Waals surface area contributed by atoms with Crippen LogP contribution >= 0.6 is 0 Å². The minimum Gasteiger partial charge on any atom is -0.356 e. The molecule has 0 aromatic rings. The molecule has 2 nitrogen and oxygen atoms in total. The van der Waals surface area contributed by atoms with Crippen LogP contribution in [0.5, 0.6) is 0 Å². The molecule has 1 unspecified atom stereocenters. The summed E-state index contributed by atoms with van der Waals surface area (Å²) in [5.74, 6) is 1.63. The van der Waals surface area contributed by atoms with E-state index in [2.05, 4.69) is 26.1 Å². The minimum absolute atomic E-state index is 0.104. The van der Waals surface area contributed by atoms with E-state index in [1.165, 1.54) is 12.8 Å². The molecule has 0 bridgehead atoms. The number of carbonyl (C=O) groups is 1. The zero-order valence-corrected chi connectivity index (χ0v) is 10.3. The van der Waals surface area contributed by atoms with Crippen molar-refractivity contribution in [3.8, 4) is 0 Å². The second kappa shape index (κ2) is 6.86. The molecule has 0 aromatic heterocycles. The molecule has 0 fully saturated rings. The van der Waals surface area contributed by atoms with Crippen LogP contribution in [0.2, 0.25) is 0 Å². The smallest absolute Gasteiger partial charge is 0.222 e. The number of carbonyl (C=O) groups excluding carboxylic acids is 1. The fourth-order valence-corrected chi connectivity index (χ4v) is 1.20. The average molecular weight is 199 g/mol. The van der Waals surface area contributed by atoms with E-state index in [9.17, 15) is 4.79 Å². The summed E-state index contributed by atoms with van der Waals surface area (Å²) in [7, 11) is 0. The van der Waals surface area contributed by atoms with E-state index in [1.54, 1.807) is 0 Å². The van der Waals surface area contributed by atoms with Crippen LogP contribution in [0.3, 0.4) is 0 Å². The third kappa shape index (κ3) is 6.93. The molecule has 0 aliphatic heterocycles. The van der Waals surface area contributed by atoms with Crippen molar-refractivity contribution < 1.29 is 4.79 Å². The molecule has 0 spiro atoms. The lowest BCUT2D eigenvalue weighted by atomic mass is 9.99. The maximum absolute atomic E-state index is 11.3. The molecule has 0 saturated heterocycles. The molecular weight excluding hydrogens is 174 g/mol. The Morgan fingerprint density at radius 1 is 1.07 bits per heavy atom. The van der Waals surface area contributed by atoms with Crippen molar-refractivity contribution in [1.82, 2.24) is 5.32 Å². The summed E-state index contributed by atoms with van der Waals surface area (Å²) in [6.07, 6.45) is 2.45. The first kappa shape index (κ1) is 13.5. The molecule has 14 heavy (non-hydrogen) atoms. The molecular formula is C12H25NO. The van der Waals surface area contributed by atoms with Crippen molar-refractivity contribution in [3.63, 3.8) is 0 Å². The third-order valence-corrected chi connectivity index (χ3v) is 2.39. The highest BCUT2D eigenvalue weighted by molar-refractivity contribution is 5.77. The van der Waals surface area contributed by atoms with Gasteiger partial charge in [-0.1, -0.05) is 41.0 Å². The molecule has 0 saturated carbocycles. The average Bonchev–Trinajstić information content (AvgIpc) is 2.10. The first-order valence-corrected chi connectivity index (χ1v) is 5.71. The van der Waals surface area contributed by atoms with E-state index in [0.717, 1.165) is 12.5 Å². The molecule has 1 amide bonds. The quantitative estimate of drug-likeness (QED) is 0.700. The molecule has 0 aliphatic carbocycles. The van der Waals surface area contributed by atoms with Crippen LogP contribution in [-0.2, 0) is 4.79 Å². The first-order valence-electron chi connectivity index (χ1n) is 5.71. The van der Waals surface area contributed by atoms with E-state index in [1.807, 2.05) is 13.8 Å². The number of nitrogens with one attached hydrogen (secondary N) is 1. The van der Waals surface area contributed by atoms with Gasteiger partial charge >= 0.3 is 0 Å². The lowest BCUT2D eigenvalue weighted by molar-refractivity contribution is -0.124. The Balaban J connectivity index is 3.53. The Kier molecular flexibility index (Phi) is 6.60. The van der Waals surface area contributed by atoms with Crippen LogP contribution in [0.25, 0.3) is 0 Å². The number of hydrogen-bond acceptors (Lipinski definition) is 1. The van der Waals surface area contributed by atoms with Crippen LogP contribution in [0.4, 0.5) is 0 Å².